The fourth-order valence-corrected chi connectivity index (χ4v) is 2.45. The summed E-state index contributed by atoms with van der Waals surface area (Å²) in [4.78, 5) is 16.0. The van der Waals surface area contributed by atoms with Gasteiger partial charge in [-0.25, -0.2) is 4.98 Å². The van der Waals surface area contributed by atoms with Crippen molar-refractivity contribution in [3.05, 3.63) is 16.1 Å². The number of hydrogen-bond donors (Lipinski definition) is 3. The van der Waals surface area contributed by atoms with Gasteiger partial charge in [-0.1, -0.05) is 13.8 Å². The van der Waals surface area contributed by atoms with Crippen LogP contribution in [0.15, 0.2) is 5.38 Å². The van der Waals surface area contributed by atoms with Gasteiger partial charge in [-0.05, 0) is 18.8 Å². The Balaban J connectivity index is 0.00000324. The lowest BCUT2D eigenvalue weighted by atomic mass is 9.87. The number of thiazole rings is 1. The van der Waals surface area contributed by atoms with E-state index in [1.54, 1.807) is 12.3 Å². The predicted octanol–water partition coefficient (Wildman–Crippen LogP) is 1.55. The summed E-state index contributed by atoms with van der Waals surface area (Å²) in [6.07, 6.45) is 0.262. The maximum absolute atomic E-state index is 11.8. The molecule has 0 spiro atoms. The third kappa shape index (κ3) is 6.33. The SMILES string of the molecule is CC(O)CC(C)(C)CNC(=O)c1csc(CN)n1.Cl. The number of amides is 1. The van der Waals surface area contributed by atoms with Crippen LogP contribution in [0.3, 0.4) is 0 Å². The minimum absolute atomic E-state index is 0. The Hall–Kier alpha value is -0.690. The number of hydrogen-bond acceptors (Lipinski definition) is 5. The summed E-state index contributed by atoms with van der Waals surface area (Å²) in [5.74, 6) is -0.190. The van der Waals surface area contributed by atoms with Gasteiger partial charge in [0.05, 0.1) is 6.10 Å². The Morgan fingerprint density at radius 1 is 1.63 bits per heavy atom. The Labute approximate surface area is 124 Å². The zero-order valence-corrected chi connectivity index (χ0v) is 13.1. The molecule has 1 atom stereocenters. The third-order valence-corrected chi connectivity index (χ3v) is 3.41. The first-order chi connectivity index (χ1) is 8.34. The second-order valence-corrected chi connectivity index (χ2v) is 6.17. The molecule has 1 aromatic rings. The normalized spacial score (nSPS) is 12.7. The zero-order valence-electron chi connectivity index (χ0n) is 11.5. The zero-order chi connectivity index (χ0) is 13.8. The number of carbonyl (C=O) groups excluding carboxylic acids is 1. The van der Waals surface area contributed by atoms with E-state index in [4.69, 9.17) is 5.73 Å². The Morgan fingerprint density at radius 2 is 2.26 bits per heavy atom. The molecule has 0 bridgehead atoms. The maximum Gasteiger partial charge on any atom is 0.270 e. The molecule has 0 aliphatic heterocycles. The molecule has 0 aliphatic carbocycles. The van der Waals surface area contributed by atoms with Crippen LogP contribution >= 0.6 is 23.7 Å². The standard InChI is InChI=1S/C12H21N3O2S.ClH/c1-8(16)4-12(2,3)7-14-11(17)9-6-18-10(5-13)15-9;/h6,8,16H,4-5,7,13H2,1-3H3,(H,14,17);1H. The monoisotopic (exact) mass is 307 g/mol. The summed E-state index contributed by atoms with van der Waals surface area (Å²) < 4.78 is 0. The number of nitrogens with one attached hydrogen (secondary N) is 1. The minimum Gasteiger partial charge on any atom is -0.393 e. The van der Waals surface area contributed by atoms with Crippen LogP contribution in [0.2, 0.25) is 0 Å². The lowest BCUT2D eigenvalue weighted by Gasteiger charge is -2.26. The van der Waals surface area contributed by atoms with Crippen molar-refractivity contribution in [1.29, 1.82) is 0 Å². The van der Waals surface area contributed by atoms with Crippen molar-refractivity contribution >= 4 is 29.7 Å². The van der Waals surface area contributed by atoms with Gasteiger partial charge in [-0.3, -0.25) is 4.79 Å². The summed E-state index contributed by atoms with van der Waals surface area (Å²) in [5.41, 5.74) is 5.72. The molecular weight excluding hydrogens is 286 g/mol. The van der Waals surface area contributed by atoms with Crippen LogP contribution in [0, 0.1) is 5.41 Å². The Morgan fingerprint density at radius 3 is 2.74 bits per heavy atom. The van der Waals surface area contributed by atoms with E-state index in [2.05, 4.69) is 10.3 Å². The van der Waals surface area contributed by atoms with Crippen LogP contribution in [0.5, 0.6) is 0 Å². The van der Waals surface area contributed by atoms with Crippen LogP contribution in [0.1, 0.15) is 42.7 Å². The number of rotatable bonds is 6. The Bertz CT molecular complexity index is 407. The number of halogens is 1. The van der Waals surface area contributed by atoms with Gasteiger partial charge in [0.15, 0.2) is 0 Å². The van der Waals surface area contributed by atoms with E-state index in [0.29, 0.717) is 25.2 Å². The quantitative estimate of drug-likeness (QED) is 0.744. The van der Waals surface area contributed by atoms with Gasteiger partial charge in [0.2, 0.25) is 0 Å². The van der Waals surface area contributed by atoms with Crippen molar-refractivity contribution < 1.29 is 9.90 Å². The van der Waals surface area contributed by atoms with Crippen molar-refractivity contribution in [2.75, 3.05) is 6.54 Å². The second-order valence-electron chi connectivity index (χ2n) is 5.23. The Kier molecular flexibility index (Phi) is 7.51. The number of aliphatic hydroxyl groups is 1. The van der Waals surface area contributed by atoms with E-state index in [0.717, 1.165) is 5.01 Å². The highest BCUT2D eigenvalue weighted by Crippen LogP contribution is 2.21. The molecule has 0 radical (unpaired) electrons. The fourth-order valence-electron chi connectivity index (χ4n) is 1.79. The molecule has 0 aromatic carbocycles. The van der Waals surface area contributed by atoms with E-state index >= 15 is 0 Å². The molecule has 0 saturated carbocycles. The van der Waals surface area contributed by atoms with Gasteiger partial charge in [0.1, 0.15) is 10.7 Å². The van der Waals surface area contributed by atoms with Crippen LogP contribution in [-0.4, -0.2) is 28.6 Å². The van der Waals surface area contributed by atoms with Crippen LogP contribution < -0.4 is 11.1 Å². The van der Waals surface area contributed by atoms with Gasteiger partial charge in [-0.2, -0.15) is 0 Å². The minimum atomic E-state index is -0.375. The molecule has 1 amide bonds. The summed E-state index contributed by atoms with van der Waals surface area (Å²) in [6.45, 7) is 6.62. The van der Waals surface area contributed by atoms with E-state index in [-0.39, 0.29) is 29.8 Å². The smallest absolute Gasteiger partial charge is 0.270 e. The van der Waals surface area contributed by atoms with Gasteiger partial charge in [0, 0.05) is 18.5 Å². The van der Waals surface area contributed by atoms with Crippen LogP contribution in [0.4, 0.5) is 0 Å². The highest BCUT2D eigenvalue weighted by atomic mass is 35.5. The molecule has 5 nitrogen and oxygen atoms in total. The lowest BCUT2D eigenvalue weighted by molar-refractivity contribution is 0.0898. The van der Waals surface area contributed by atoms with Gasteiger partial charge in [-0.15, -0.1) is 23.7 Å². The molecule has 1 rings (SSSR count). The van der Waals surface area contributed by atoms with Crippen molar-refractivity contribution in [2.45, 2.75) is 39.8 Å². The van der Waals surface area contributed by atoms with Crippen LogP contribution in [-0.2, 0) is 6.54 Å². The first-order valence-electron chi connectivity index (χ1n) is 5.95. The molecule has 1 aromatic heterocycles. The molecule has 4 N–H and O–H groups in total. The molecule has 7 heteroatoms. The first kappa shape index (κ1) is 18.3. The number of nitrogens with two attached hydrogens (primary N) is 1. The summed E-state index contributed by atoms with van der Waals surface area (Å²) in [7, 11) is 0. The molecule has 19 heavy (non-hydrogen) atoms. The number of aromatic nitrogens is 1. The average Bonchev–Trinajstić information content (AvgIpc) is 2.72. The van der Waals surface area contributed by atoms with E-state index in [9.17, 15) is 9.90 Å². The summed E-state index contributed by atoms with van der Waals surface area (Å²) in [6, 6.07) is 0. The highest BCUT2D eigenvalue weighted by Gasteiger charge is 2.22. The third-order valence-electron chi connectivity index (χ3n) is 2.53. The van der Waals surface area contributed by atoms with Crippen molar-refractivity contribution in [2.24, 2.45) is 11.1 Å². The summed E-state index contributed by atoms with van der Waals surface area (Å²) >= 11 is 1.38. The lowest BCUT2D eigenvalue weighted by Crippen LogP contribution is -2.35. The number of aliphatic hydroxyl groups excluding tert-OH is 1. The molecular formula is C12H22ClN3O2S. The molecule has 1 heterocycles. The van der Waals surface area contributed by atoms with Gasteiger partial charge < -0.3 is 16.2 Å². The predicted molar refractivity (Wildman–Crippen MR) is 79.7 cm³/mol. The fraction of sp³-hybridized carbons (Fsp3) is 0.667. The van der Waals surface area contributed by atoms with Crippen LogP contribution in [0.25, 0.3) is 0 Å². The summed E-state index contributed by atoms with van der Waals surface area (Å²) in [5, 5.41) is 14.7. The highest BCUT2D eigenvalue weighted by molar-refractivity contribution is 7.09. The molecule has 0 saturated heterocycles. The van der Waals surface area contributed by atoms with Crippen molar-refractivity contribution in [3.8, 4) is 0 Å². The van der Waals surface area contributed by atoms with E-state index < -0.39 is 0 Å². The number of carbonyl (C=O) groups is 1. The van der Waals surface area contributed by atoms with Crippen molar-refractivity contribution in [3.63, 3.8) is 0 Å². The van der Waals surface area contributed by atoms with E-state index in [1.807, 2.05) is 13.8 Å². The second kappa shape index (κ2) is 7.79. The van der Waals surface area contributed by atoms with Gasteiger partial charge in [0.25, 0.3) is 5.91 Å². The molecule has 0 fully saturated rings. The molecule has 0 aliphatic rings. The first-order valence-corrected chi connectivity index (χ1v) is 6.83. The number of nitrogens with zero attached hydrogens (tertiary/aromatic N) is 1. The maximum atomic E-state index is 11.8. The van der Waals surface area contributed by atoms with Gasteiger partial charge >= 0.3 is 0 Å². The average molecular weight is 308 g/mol. The topological polar surface area (TPSA) is 88.2 Å². The molecule has 110 valence electrons. The molecule has 1 unspecified atom stereocenters. The van der Waals surface area contributed by atoms with E-state index in [1.165, 1.54) is 11.3 Å². The largest absolute Gasteiger partial charge is 0.393 e. The van der Waals surface area contributed by atoms with Crippen molar-refractivity contribution in [1.82, 2.24) is 10.3 Å².